The van der Waals surface area contributed by atoms with Gasteiger partial charge in [0.15, 0.2) is 0 Å². The van der Waals surface area contributed by atoms with Crippen LogP contribution < -0.4 is 0 Å². The lowest BCUT2D eigenvalue weighted by Crippen LogP contribution is -2.25. The van der Waals surface area contributed by atoms with Crippen molar-refractivity contribution < 1.29 is 0 Å². The van der Waals surface area contributed by atoms with Gasteiger partial charge in [-0.2, -0.15) is 0 Å². The Hall–Kier alpha value is 1.25. The van der Waals surface area contributed by atoms with Gasteiger partial charge in [-0.3, -0.25) is 4.90 Å². The number of hydrogen-bond acceptors (Lipinski definition) is 1. The minimum atomic E-state index is -0.655. The van der Waals surface area contributed by atoms with Crippen LogP contribution in [0.1, 0.15) is 27.7 Å². The summed E-state index contributed by atoms with van der Waals surface area (Å²) in [6, 6.07) is 0. The zero-order valence-electron chi connectivity index (χ0n) is 12.3. The third kappa shape index (κ3) is 4.38. The van der Waals surface area contributed by atoms with E-state index in [2.05, 4.69) is 41.5 Å². The van der Waals surface area contributed by atoms with Crippen molar-refractivity contribution in [1.82, 2.24) is 4.90 Å². The van der Waals surface area contributed by atoms with Crippen LogP contribution in [-0.2, 0) is 0 Å². The largest absolute Gasteiger partial charge is 0.264 e. The second kappa shape index (κ2) is 7.14. The standard InChI is InChI=1S/C13H32NP3/c1-5-16(6-2)11-9-14(13-16)10-12-17(15,7-3)8-4/h5-13,15H2,1-4H3/q+2. The predicted octanol–water partition coefficient (Wildman–Crippen LogP) is 4.16. The van der Waals surface area contributed by atoms with E-state index in [9.17, 15) is 0 Å². The molecule has 1 aliphatic heterocycles. The Balaban J connectivity index is 2.40. The van der Waals surface area contributed by atoms with Gasteiger partial charge in [0.05, 0.1) is 37.0 Å². The molecule has 1 heterocycles. The van der Waals surface area contributed by atoms with Crippen LogP contribution >= 0.6 is 23.1 Å². The molecule has 1 nitrogen and oxygen atoms in total. The molecule has 4 heteroatoms. The summed E-state index contributed by atoms with van der Waals surface area (Å²) in [5.41, 5.74) is 0. The zero-order chi connectivity index (χ0) is 12.9. The zero-order valence-corrected chi connectivity index (χ0v) is 15.2. The lowest BCUT2D eigenvalue weighted by Gasteiger charge is -2.23. The summed E-state index contributed by atoms with van der Waals surface area (Å²) in [5.74, 6) is 0. The maximum Gasteiger partial charge on any atom is 0.112 e. The maximum absolute atomic E-state index is 3.23. The third-order valence-corrected chi connectivity index (χ3v) is 16.3. The Morgan fingerprint density at radius 3 is 2.12 bits per heavy atom. The van der Waals surface area contributed by atoms with E-state index < -0.39 is 14.2 Å². The van der Waals surface area contributed by atoms with Gasteiger partial charge in [-0.25, -0.2) is 0 Å². The summed E-state index contributed by atoms with van der Waals surface area (Å²) in [7, 11) is 2.70. The smallest absolute Gasteiger partial charge is 0.112 e. The second-order valence-electron chi connectivity index (χ2n) is 5.53. The predicted molar refractivity (Wildman–Crippen MR) is 91.9 cm³/mol. The van der Waals surface area contributed by atoms with Crippen LogP contribution in [0.3, 0.4) is 0 Å². The van der Waals surface area contributed by atoms with Gasteiger partial charge in [0, 0.05) is 36.2 Å². The molecular formula is C13H32NP3+2. The molecule has 102 valence electrons. The highest BCUT2D eigenvalue weighted by Crippen LogP contribution is 2.66. The molecular weight excluding hydrogens is 263 g/mol. The van der Waals surface area contributed by atoms with E-state index >= 15 is 0 Å². The van der Waals surface area contributed by atoms with Crippen molar-refractivity contribution in [2.24, 2.45) is 0 Å². The van der Waals surface area contributed by atoms with Gasteiger partial charge in [-0.15, -0.1) is 0 Å². The molecule has 0 aromatic carbocycles. The highest BCUT2D eigenvalue weighted by atomic mass is 32.1. The van der Waals surface area contributed by atoms with Gasteiger partial charge in [0.1, 0.15) is 6.29 Å². The highest BCUT2D eigenvalue weighted by molar-refractivity contribution is 8.24. The van der Waals surface area contributed by atoms with Crippen molar-refractivity contribution in [1.29, 1.82) is 0 Å². The first-order chi connectivity index (χ1) is 8.03. The van der Waals surface area contributed by atoms with Crippen LogP contribution in [-0.4, -0.2) is 61.2 Å². The lowest BCUT2D eigenvalue weighted by molar-refractivity contribution is 0.378. The molecule has 0 aromatic rings. The lowest BCUT2D eigenvalue weighted by atomic mass is 10.6. The molecule has 1 rings (SSSR count). The Kier molecular flexibility index (Phi) is 6.85. The molecule has 0 aliphatic carbocycles. The first-order valence-corrected chi connectivity index (χ1v) is 13.7. The Morgan fingerprint density at radius 2 is 1.71 bits per heavy atom. The summed E-state index contributed by atoms with van der Waals surface area (Å²) >= 11 is 0. The van der Waals surface area contributed by atoms with Gasteiger partial charge in [0.25, 0.3) is 0 Å². The molecule has 0 N–H and O–H groups in total. The average molecular weight is 295 g/mol. The highest BCUT2D eigenvalue weighted by Gasteiger charge is 2.42. The van der Waals surface area contributed by atoms with Gasteiger partial charge in [-0.05, 0) is 27.7 Å². The van der Waals surface area contributed by atoms with Gasteiger partial charge in [0.2, 0.25) is 0 Å². The van der Waals surface area contributed by atoms with E-state index in [-0.39, 0.29) is 0 Å². The average Bonchev–Trinajstić information content (AvgIpc) is 2.80. The van der Waals surface area contributed by atoms with E-state index in [4.69, 9.17) is 0 Å². The van der Waals surface area contributed by atoms with Crippen LogP contribution in [0.15, 0.2) is 0 Å². The third-order valence-electron chi connectivity index (χ3n) is 4.85. The first-order valence-electron chi connectivity index (χ1n) is 7.25. The molecule has 0 spiro atoms. The van der Waals surface area contributed by atoms with E-state index in [1.165, 1.54) is 50.2 Å². The molecule has 0 saturated carbocycles. The molecule has 1 unspecified atom stereocenters. The molecule has 1 atom stereocenters. The molecule has 0 radical (unpaired) electrons. The topological polar surface area (TPSA) is 3.24 Å². The van der Waals surface area contributed by atoms with Crippen molar-refractivity contribution in [2.75, 3.05) is 56.3 Å². The summed E-state index contributed by atoms with van der Waals surface area (Å²) in [4.78, 5) is 2.78. The van der Waals surface area contributed by atoms with Crippen molar-refractivity contribution >= 4 is 23.1 Å². The van der Waals surface area contributed by atoms with Crippen molar-refractivity contribution in [2.45, 2.75) is 27.7 Å². The molecule has 0 amide bonds. The fourth-order valence-electron chi connectivity index (χ4n) is 2.72. The van der Waals surface area contributed by atoms with Crippen LogP contribution in [0.4, 0.5) is 0 Å². The van der Waals surface area contributed by atoms with Crippen molar-refractivity contribution in [3.05, 3.63) is 0 Å². The maximum atomic E-state index is 3.23. The van der Waals surface area contributed by atoms with E-state index in [0.717, 1.165) is 0 Å². The molecule has 1 fully saturated rings. The molecule has 1 aliphatic rings. The molecule has 1 saturated heterocycles. The SMILES string of the molecule is CC[P+](P)(CC)CCN1CC[P+](CC)(CC)C1. The van der Waals surface area contributed by atoms with E-state index in [1.807, 2.05) is 0 Å². The Morgan fingerprint density at radius 1 is 1.12 bits per heavy atom. The minimum absolute atomic E-state index is 0.532. The molecule has 0 aromatic heterocycles. The Bertz CT molecular complexity index is 225. The van der Waals surface area contributed by atoms with Gasteiger partial charge in [-0.1, -0.05) is 0 Å². The summed E-state index contributed by atoms with van der Waals surface area (Å²) in [6.45, 7) is 11.7. The van der Waals surface area contributed by atoms with Crippen LogP contribution in [0.2, 0.25) is 0 Å². The first kappa shape index (κ1) is 16.3. The summed E-state index contributed by atoms with van der Waals surface area (Å²) in [6.07, 6.45) is 10.2. The monoisotopic (exact) mass is 295 g/mol. The molecule has 17 heavy (non-hydrogen) atoms. The van der Waals surface area contributed by atoms with E-state index in [1.54, 1.807) is 6.16 Å². The number of rotatable bonds is 7. The number of hydrogen-bond donors (Lipinski definition) is 0. The minimum Gasteiger partial charge on any atom is -0.264 e. The van der Waals surface area contributed by atoms with Gasteiger partial charge < -0.3 is 0 Å². The van der Waals surface area contributed by atoms with Crippen molar-refractivity contribution in [3.63, 3.8) is 0 Å². The summed E-state index contributed by atoms with van der Waals surface area (Å²) in [5, 5.41) is 0. The van der Waals surface area contributed by atoms with Gasteiger partial charge >= 0.3 is 0 Å². The van der Waals surface area contributed by atoms with Crippen LogP contribution in [0.25, 0.3) is 0 Å². The summed E-state index contributed by atoms with van der Waals surface area (Å²) < 4.78 is 0. The fraction of sp³-hybridized carbons (Fsp3) is 1.00. The Labute approximate surface area is 112 Å². The van der Waals surface area contributed by atoms with Crippen LogP contribution in [0, 0.1) is 0 Å². The normalized spacial score (nSPS) is 21.0. The van der Waals surface area contributed by atoms with E-state index in [0.29, 0.717) is 0 Å². The quantitative estimate of drug-likeness (QED) is 0.637. The van der Waals surface area contributed by atoms with Crippen molar-refractivity contribution in [3.8, 4) is 0 Å². The fourth-order valence-corrected chi connectivity index (χ4v) is 8.29. The second-order valence-corrected chi connectivity index (χ2v) is 17.6. The van der Waals surface area contributed by atoms with Crippen LogP contribution in [0.5, 0.6) is 0 Å². The number of nitrogens with zero attached hydrogens (tertiary/aromatic N) is 1. The molecule has 0 bridgehead atoms.